The van der Waals surface area contributed by atoms with E-state index < -0.39 is 0 Å². The van der Waals surface area contributed by atoms with Gasteiger partial charge in [0.1, 0.15) is 0 Å². The first kappa shape index (κ1) is 14.1. The van der Waals surface area contributed by atoms with Crippen molar-refractivity contribution in [3.05, 3.63) is 29.3 Å². The third-order valence-corrected chi connectivity index (χ3v) is 3.49. The fourth-order valence-corrected chi connectivity index (χ4v) is 2.19. The predicted octanol–water partition coefficient (Wildman–Crippen LogP) is 2.19. The predicted molar refractivity (Wildman–Crippen MR) is 75.6 cm³/mol. The summed E-state index contributed by atoms with van der Waals surface area (Å²) in [5, 5.41) is 2.99. The van der Waals surface area contributed by atoms with E-state index in [9.17, 15) is 4.79 Å². The molecule has 3 nitrogen and oxygen atoms in total. The lowest BCUT2D eigenvalue weighted by Crippen LogP contribution is -2.17. The van der Waals surface area contributed by atoms with E-state index in [1.807, 2.05) is 19.1 Å². The first-order valence-corrected chi connectivity index (χ1v) is 7.00. The normalized spacial score (nSPS) is 10.3. The molecule has 4 heteroatoms. The molecule has 0 aromatic heterocycles. The Morgan fingerprint density at radius 3 is 2.88 bits per heavy atom. The second kappa shape index (κ2) is 7.35. The molecule has 0 aliphatic rings. The van der Waals surface area contributed by atoms with Crippen LogP contribution in [-0.2, 0) is 11.2 Å². The first-order chi connectivity index (χ1) is 8.19. The van der Waals surface area contributed by atoms with E-state index in [1.54, 1.807) is 11.8 Å². The Morgan fingerprint density at radius 1 is 1.47 bits per heavy atom. The van der Waals surface area contributed by atoms with Gasteiger partial charge in [-0.2, -0.15) is 11.8 Å². The number of anilines is 1. The second-order valence-electron chi connectivity index (χ2n) is 3.85. The summed E-state index contributed by atoms with van der Waals surface area (Å²) < 4.78 is 0. The molecule has 1 amide bonds. The summed E-state index contributed by atoms with van der Waals surface area (Å²) in [6, 6.07) is 6.09. The molecular weight excluding hydrogens is 232 g/mol. The lowest BCUT2D eigenvalue weighted by Gasteiger charge is -2.12. The van der Waals surface area contributed by atoms with Crippen molar-refractivity contribution in [1.82, 2.24) is 0 Å². The minimum atomic E-state index is 0.0486. The van der Waals surface area contributed by atoms with Crippen LogP contribution in [0, 0.1) is 6.92 Å². The van der Waals surface area contributed by atoms with Crippen LogP contribution in [0.25, 0.3) is 0 Å². The third-order valence-electron chi connectivity index (χ3n) is 2.50. The summed E-state index contributed by atoms with van der Waals surface area (Å²) in [5.74, 6) is 1.34. The number of carbonyl (C=O) groups excluding carboxylic acids is 1. The number of benzene rings is 1. The van der Waals surface area contributed by atoms with Crippen molar-refractivity contribution in [2.45, 2.75) is 20.3 Å². The molecular formula is C13H20N2OS. The van der Waals surface area contributed by atoms with Crippen LogP contribution in [0.3, 0.4) is 0 Å². The molecule has 0 spiro atoms. The summed E-state index contributed by atoms with van der Waals surface area (Å²) in [7, 11) is 0. The molecule has 0 saturated carbocycles. The van der Waals surface area contributed by atoms with Crippen molar-refractivity contribution in [2.24, 2.45) is 5.73 Å². The van der Waals surface area contributed by atoms with Crippen LogP contribution in [0.5, 0.6) is 0 Å². The van der Waals surface area contributed by atoms with Gasteiger partial charge in [-0.1, -0.05) is 25.1 Å². The summed E-state index contributed by atoms with van der Waals surface area (Å²) >= 11 is 1.56. The molecule has 1 aromatic rings. The number of hydrogen-bond donors (Lipinski definition) is 2. The second-order valence-corrected chi connectivity index (χ2v) is 4.96. The maximum atomic E-state index is 11.7. The molecule has 0 heterocycles. The van der Waals surface area contributed by atoms with Crippen molar-refractivity contribution in [3.63, 3.8) is 0 Å². The number of hydrogen-bond acceptors (Lipinski definition) is 3. The van der Waals surface area contributed by atoms with Gasteiger partial charge in [0.15, 0.2) is 0 Å². The monoisotopic (exact) mass is 252 g/mol. The molecule has 94 valence electrons. The highest BCUT2D eigenvalue weighted by atomic mass is 32.2. The van der Waals surface area contributed by atoms with Gasteiger partial charge in [0.25, 0.3) is 0 Å². The lowest BCUT2D eigenvalue weighted by molar-refractivity contribution is -0.113. The molecule has 0 radical (unpaired) electrons. The molecule has 0 atom stereocenters. The number of rotatable bonds is 6. The number of para-hydroxylation sites is 1. The number of amides is 1. The van der Waals surface area contributed by atoms with Gasteiger partial charge in [0.05, 0.1) is 5.75 Å². The highest BCUT2D eigenvalue weighted by Crippen LogP contribution is 2.21. The average Bonchev–Trinajstić information content (AvgIpc) is 2.32. The summed E-state index contributed by atoms with van der Waals surface area (Å²) in [4.78, 5) is 11.7. The smallest absolute Gasteiger partial charge is 0.234 e. The molecule has 1 rings (SSSR count). The molecule has 0 saturated heterocycles. The minimum absolute atomic E-state index is 0.0486. The van der Waals surface area contributed by atoms with E-state index in [4.69, 9.17) is 5.73 Å². The standard InChI is InChI=1S/C13H20N2OS/c1-3-11-6-4-5-10(2)13(11)15-12(16)9-17-8-7-14/h4-6H,3,7-9,14H2,1-2H3,(H,15,16). The Bertz CT molecular complexity index is 380. The van der Waals surface area contributed by atoms with Crippen molar-refractivity contribution in [2.75, 3.05) is 23.4 Å². The zero-order valence-corrected chi connectivity index (χ0v) is 11.3. The van der Waals surface area contributed by atoms with E-state index in [0.29, 0.717) is 12.3 Å². The van der Waals surface area contributed by atoms with Crippen LogP contribution < -0.4 is 11.1 Å². The molecule has 3 N–H and O–H groups in total. The number of nitrogens with one attached hydrogen (secondary N) is 1. The summed E-state index contributed by atoms with van der Waals surface area (Å²) in [5.41, 5.74) is 8.65. The average molecular weight is 252 g/mol. The van der Waals surface area contributed by atoms with Gasteiger partial charge >= 0.3 is 0 Å². The van der Waals surface area contributed by atoms with Crippen LogP contribution in [0.1, 0.15) is 18.1 Å². The van der Waals surface area contributed by atoms with E-state index in [0.717, 1.165) is 23.4 Å². The molecule has 1 aromatic carbocycles. The van der Waals surface area contributed by atoms with E-state index in [2.05, 4.69) is 18.3 Å². The third kappa shape index (κ3) is 4.40. The van der Waals surface area contributed by atoms with Crippen LogP contribution in [0.4, 0.5) is 5.69 Å². The van der Waals surface area contributed by atoms with Crippen LogP contribution in [0.2, 0.25) is 0 Å². The largest absolute Gasteiger partial charge is 0.330 e. The number of nitrogens with two attached hydrogens (primary N) is 1. The Hall–Kier alpha value is -1.000. The van der Waals surface area contributed by atoms with Crippen molar-refractivity contribution in [3.8, 4) is 0 Å². The first-order valence-electron chi connectivity index (χ1n) is 5.85. The van der Waals surface area contributed by atoms with Gasteiger partial charge in [0, 0.05) is 18.0 Å². The topological polar surface area (TPSA) is 55.1 Å². The zero-order valence-electron chi connectivity index (χ0n) is 10.5. The Kier molecular flexibility index (Phi) is 6.08. The Labute approximate surface area is 107 Å². The van der Waals surface area contributed by atoms with Crippen molar-refractivity contribution < 1.29 is 4.79 Å². The summed E-state index contributed by atoms with van der Waals surface area (Å²) in [6.45, 7) is 4.72. The maximum absolute atomic E-state index is 11.7. The van der Waals surface area contributed by atoms with Crippen LogP contribution in [0.15, 0.2) is 18.2 Å². The fraction of sp³-hybridized carbons (Fsp3) is 0.462. The highest BCUT2D eigenvalue weighted by Gasteiger charge is 2.08. The zero-order chi connectivity index (χ0) is 12.7. The fourth-order valence-electron chi connectivity index (χ4n) is 1.63. The van der Waals surface area contributed by atoms with Crippen LogP contribution in [-0.4, -0.2) is 24.0 Å². The van der Waals surface area contributed by atoms with Gasteiger partial charge in [-0.15, -0.1) is 0 Å². The number of carbonyl (C=O) groups is 1. The van der Waals surface area contributed by atoms with Gasteiger partial charge in [-0.05, 0) is 24.5 Å². The van der Waals surface area contributed by atoms with Gasteiger partial charge in [-0.3, -0.25) is 4.79 Å². The Balaban J connectivity index is 2.64. The van der Waals surface area contributed by atoms with Gasteiger partial charge in [-0.25, -0.2) is 0 Å². The SMILES string of the molecule is CCc1cccc(C)c1NC(=O)CSCCN. The molecule has 17 heavy (non-hydrogen) atoms. The molecule has 0 unspecified atom stereocenters. The van der Waals surface area contributed by atoms with Crippen LogP contribution >= 0.6 is 11.8 Å². The van der Waals surface area contributed by atoms with Crippen molar-refractivity contribution in [1.29, 1.82) is 0 Å². The Morgan fingerprint density at radius 2 is 2.24 bits per heavy atom. The van der Waals surface area contributed by atoms with Gasteiger partial charge in [0.2, 0.25) is 5.91 Å². The number of thioether (sulfide) groups is 1. The minimum Gasteiger partial charge on any atom is -0.330 e. The molecule has 0 fully saturated rings. The number of aryl methyl sites for hydroxylation is 2. The molecule has 0 bridgehead atoms. The molecule has 0 aliphatic heterocycles. The van der Waals surface area contributed by atoms with Crippen molar-refractivity contribution >= 4 is 23.4 Å². The van der Waals surface area contributed by atoms with Gasteiger partial charge < -0.3 is 11.1 Å². The molecule has 0 aliphatic carbocycles. The lowest BCUT2D eigenvalue weighted by atomic mass is 10.1. The highest BCUT2D eigenvalue weighted by molar-refractivity contribution is 7.99. The maximum Gasteiger partial charge on any atom is 0.234 e. The van der Waals surface area contributed by atoms with E-state index >= 15 is 0 Å². The quantitative estimate of drug-likeness (QED) is 0.763. The van der Waals surface area contributed by atoms with E-state index in [1.165, 1.54) is 5.56 Å². The summed E-state index contributed by atoms with van der Waals surface area (Å²) in [6.07, 6.45) is 0.924. The van der Waals surface area contributed by atoms with E-state index in [-0.39, 0.29) is 5.91 Å².